The van der Waals surface area contributed by atoms with Gasteiger partial charge in [-0.05, 0) is 24.1 Å². The van der Waals surface area contributed by atoms with E-state index in [0.717, 1.165) is 50.4 Å². The molecule has 3 nitrogen and oxygen atoms in total. The maximum Gasteiger partial charge on any atom is 0.0995 e. The highest BCUT2D eigenvalue weighted by atomic mass is 15.3. The van der Waals surface area contributed by atoms with Gasteiger partial charge in [0.05, 0.1) is 11.6 Å². The minimum Gasteiger partial charge on any atom is -0.297 e. The topological polar surface area (TPSA) is 30.3 Å². The molecule has 0 amide bonds. The molecule has 1 fully saturated rings. The lowest BCUT2D eigenvalue weighted by molar-refractivity contribution is 0.122. The second-order valence-corrected chi connectivity index (χ2v) is 6.31. The molecule has 0 aromatic heterocycles. The highest BCUT2D eigenvalue weighted by Gasteiger charge is 2.17. The summed E-state index contributed by atoms with van der Waals surface area (Å²) in [7, 11) is 0. The monoisotopic (exact) mass is 305 g/mol. The lowest BCUT2D eigenvalue weighted by Gasteiger charge is -2.35. The Morgan fingerprint density at radius 2 is 1.61 bits per heavy atom. The average Bonchev–Trinajstić information content (AvgIpc) is 2.57. The first-order valence-corrected chi connectivity index (χ1v) is 8.23. The fourth-order valence-corrected chi connectivity index (χ4v) is 3.18. The highest BCUT2D eigenvalue weighted by molar-refractivity contribution is 5.37. The summed E-state index contributed by atoms with van der Waals surface area (Å²) in [6.45, 7) is 8.35. The largest absolute Gasteiger partial charge is 0.297 e. The van der Waals surface area contributed by atoms with Crippen LogP contribution in [0.3, 0.4) is 0 Å². The van der Waals surface area contributed by atoms with Crippen LogP contribution in [0, 0.1) is 18.3 Å². The highest BCUT2D eigenvalue weighted by Crippen LogP contribution is 2.14. The molecule has 0 N–H and O–H groups in total. The average molecular weight is 305 g/mol. The molecule has 0 radical (unpaired) electrons. The predicted octanol–water partition coefficient (Wildman–Crippen LogP) is 3.18. The maximum atomic E-state index is 9.20. The van der Waals surface area contributed by atoms with Gasteiger partial charge in [-0.25, -0.2) is 0 Å². The van der Waals surface area contributed by atoms with Crippen molar-refractivity contribution in [3.63, 3.8) is 0 Å². The summed E-state index contributed by atoms with van der Waals surface area (Å²) in [5.41, 5.74) is 4.67. The fourth-order valence-electron chi connectivity index (χ4n) is 3.18. The third kappa shape index (κ3) is 4.19. The van der Waals surface area contributed by atoms with Gasteiger partial charge in [-0.3, -0.25) is 9.80 Å². The van der Waals surface area contributed by atoms with Gasteiger partial charge in [-0.1, -0.05) is 48.0 Å². The maximum absolute atomic E-state index is 9.20. The van der Waals surface area contributed by atoms with E-state index in [1.54, 1.807) is 0 Å². The van der Waals surface area contributed by atoms with Crippen LogP contribution in [0.4, 0.5) is 0 Å². The molecule has 3 rings (SSSR count). The number of benzene rings is 2. The van der Waals surface area contributed by atoms with Crippen LogP contribution >= 0.6 is 0 Å². The van der Waals surface area contributed by atoms with Crippen LogP contribution in [0.15, 0.2) is 48.5 Å². The summed E-state index contributed by atoms with van der Waals surface area (Å²) in [6, 6.07) is 19.0. The number of aryl methyl sites for hydroxylation is 1. The van der Waals surface area contributed by atoms with Crippen molar-refractivity contribution in [1.82, 2.24) is 9.80 Å². The van der Waals surface area contributed by atoms with Crippen LogP contribution in [0.5, 0.6) is 0 Å². The van der Waals surface area contributed by atoms with Gasteiger partial charge in [0.2, 0.25) is 0 Å². The van der Waals surface area contributed by atoms with Gasteiger partial charge in [0.25, 0.3) is 0 Å². The third-order valence-corrected chi connectivity index (χ3v) is 4.49. The summed E-state index contributed by atoms with van der Waals surface area (Å²) < 4.78 is 0. The normalized spacial score (nSPS) is 16.2. The van der Waals surface area contributed by atoms with Crippen molar-refractivity contribution in [2.24, 2.45) is 0 Å². The smallest absolute Gasteiger partial charge is 0.0995 e. The summed E-state index contributed by atoms with van der Waals surface area (Å²) in [5.74, 6) is 0. The number of hydrogen-bond acceptors (Lipinski definition) is 3. The van der Waals surface area contributed by atoms with Crippen LogP contribution in [-0.4, -0.2) is 36.0 Å². The van der Waals surface area contributed by atoms with E-state index in [-0.39, 0.29) is 0 Å². The zero-order chi connectivity index (χ0) is 16.1. The number of nitrogens with zero attached hydrogens (tertiary/aromatic N) is 3. The van der Waals surface area contributed by atoms with Crippen LogP contribution in [-0.2, 0) is 13.1 Å². The van der Waals surface area contributed by atoms with E-state index in [1.807, 2.05) is 18.2 Å². The summed E-state index contributed by atoms with van der Waals surface area (Å²) in [4.78, 5) is 4.96. The number of hydrogen-bond donors (Lipinski definition) is 0. The molecule has 2 aromatic rings. The minimum atomic E-state index is 0.801. The molecule has 0 spiro atoms. The first kappa shape index (κ1) is 15.7. The van der Waals surface area contributed by atoms with Gasteiger partial charge in [0.1, 0.15) is 0 Å². The molecule has 0 unspecified atom stereocenters. The Labute approximate surface area is 138 Å². The minimum absolute atomic E-state index is 0.801. The Morgan fingerprint density at radius 3 is 2.30 bits per heavy atom. The molecule has 1 aliphatic rings. The Morgan fingerprint density at radius 1 is 0.913 bits per heavy atom. The summed E-state index contributed by atoms with van der Waals surface area (Å²) >= 11 is 0. The molecule has 0 atom stereocenters. The first-order chi connectivity index (χ1) is 11.2. The molecule has 0 bridgehead atoms. The first-order valence-electron chi connectivity index (χ1n) is 8.23. The number of piperazine rings is 1. The molecule has 2 aromatic carbocycles. The fraction of sp³-hybridized carbons (Fsp3) is 0.350. The van der Waals surface area contributed by atoms with E-state index in [4.69, 9.17) is 0 Å². The Hall–Kier alpha value is -2.15. The zero-order valence-corrected chi connectivity index (χ0v) is 13.7. The SMILES string of the molecule is Cc1cccc(CN2CCN(Cc3ccccc3C#N)CC2)c1. The van der Waals surface area contributed by atoms with Crippen molar-refractivity contribution in [3.8, 4) is 6.07 Å². The van der Waals surface area contributed by atoms with Gasteiger partial charge in [0.15, 0.2) is 0 Å². The van der Waals surface area contributed by atoms with E-state index >= 15 is 0 Å². The van der Waals surface area contributed by atoms with E-state index < -0.39 is 0 Å². The quantitative estimate of drug-likeness (QED) is 0.869. The van der Waals surface area contributed by atoms with Crippen LogP contribution in [0.1, 0.15) is 22.3 Å². The Kier molecular flexibility index (Phi) is 5.07. The van der Waals surface area contributed by atoms with Crippen LogP contribution in [0.2, 0.25) is 0 Å². The van der Waals surface area contributed by atoms with Crippen molar-refractivity contribution in [2.45, 2.75) is 20.0 Å². The molecule has 118 valence electrons. The molecule has 1 saturated heterocycles. The lowest BCUT2D eigenvalue weighted by atomic mass is 10.1. The molecule has 23 heavy (non-hydrogen) atoms. The standard InChI is InChI=1S/C20H23N3/c1-17-5-4-6-18(13-17)15-22-9-11-23(12-10-22)16-20-8-3-2-7-19(20)14-21/h2-8,13H,9-12,15-16H2,1H3. The van der Waals surface area contributed by atoms with Gasteiger partial charge in [-0.15, -0.1) is 0 Å². The van der Waals surface area contributed by atoms with Gasteiger partial charge >= 0.3 is 0 Å². The second kappa shape index (κ2) is 7.41. The molecular weight excluding hydrogens is 282 g/mol. The van der Waals surface area contributed by atoms with Crippen molar-refractivity contribution in [1.29, 1.82) is 5.26 Å². The third-order valence-electron chi connectivity index (χ3n) is 4.49. The van der Waals surface area contributed by atoms with Crippen LogP contribution in [0.25, 0.3) is 0 Å². The Bertz CT molecular complexity index is 694. The van der Waals surface area contributed by atoms with Crippen molar-refractivity contribution in [2.75, 3.05) is 26.2 Å². The number of nitriles is 1. The van der Waals surface area contributed by atoms with E-state index in [1.165, 1.54) is 11.1 Å². The predicted molar refractivity (Wildman–Crippen MR) is 92.9 cm³/mol. The van der Waals surface area contributed by atoms with Gasteiger partial charge < -0.3 is 0 Å². The molecule has 3 heteroatoms. The van der Waals surface area contributed by atoms with E-state index in [9.17, 15) is 5.26 Å². The molecule has 1 aliphatic heterocycles. The van der Waals surface area contributed by atoms with Crippen molar-refractivity contribution >= 4 is 0 Å². The van der Waals surface area contributed by atoms with Crippen LogP contribution < -0.4 is 0 Å². The van der Waals surface area contributed by atoms with Gasteiger partial charge in [-0.2, -0.15) is 5.26 Å². The summed E-state index contributed by atoms with van der Waals surface area (Å²) in [5, 5.41) is 9.20. The summed E-state index contributed by atoms with van der Waals surface area (Å²) in [6.07, 6.45) is 0. The van der Waals surface area contributed by atoms with Crippen molar-refractivity contribution < 1.29 is 0 Å². The lowest BCUT2D eigenvalue weighted by Crippen LogP contribution is -2.45. The molecule has 0 aliphatic carbocycles. The van der Waals surface area contributed by atoms with E-state index in [0.29, 0.717) is 0 Å². The second-order valence-electron chi connectivity index (χ2n) is 6.31. The van der Waals surface area contributed by atoms with E-state index in [2.05, 4.69) is 53.1 Å². The van der Waals surface area contributed by atoms with Crippen molar-refractivity contribution in [3.05, 3.63) is 70.8 Å². The molecule has 0 saturated carbocycles. The van der Waals surface area contributed by atoms with Gasteiger partial charge in [0, 0.05) is 39.3 Å². The molecular formula is C20H23N3. The zero-order valence-electron chi connectivity index (χ0n) is 13.7. The number of rotatable bonds is 4. The molecule has 1 heterocycles. The Balaban J connectivity index is 1.53.